The average molecular weight is 550 g/mol. The van der Waals surface area contributed by atoms with Gasteiger partial charge < -0.3 is 9.80 Å². The molecule has 4 heterocycles. The molecule has 0 N–H and O–H groups in total. The van der Waals surface area contributed by atoms with E-state index in [4.69, 9.17) is 0 Å². The summed E-state index contributed by atoms with van der Waals surface area (Å²) in [7, 11) is -6.53. The number of benzene rings is 1. The van der Waals surface area contributed by atoms with Gasteiger partial charge in [0.05, 0.1) is 39.5 Å². The third-order valence-corrected chi connectivity index (χ3v) is 11.4. The predicted molar refractivity (Wildman–Crippen MR) is 141 cm³/mol. The van der Waals surface area contributed by atoms with Crippen molar-refractivity contribution < 1.29 is 21.6 Å². The maximum atomic E-state index is 13.2. The van der Waals surface area contributed by atoms with Crippen LogP contribution in [0.5, 0.6) is 0 Å². The smallest absolute Gasteiger partial charge is 0.253 e. The lowest BCUT2D eigenvalue weighted by molar-refractivity contribution is 0.0746. The van der Waals surface area contributed by atoms with Gasteiger partial charge in [-0.2, -0.15) is 9.40 Å². The number of amides is 1. The highest BCUT2D eigenvalue weighted by Gasteiger charge is 2.33. The summed E-state index contributed by atoms with van der Waals surface area (Å²) in [6.07, 6.45) is 3.40. The number of piperidine rings is 1. The zero-order chi connectivity index (χ0) is 26.4. The van der Waals surface area contributed by atoms with Crippen molar-refractivity contribution in [2.45, 2.75) is 50.5 Å². The molecule has 0 radical (unpaired) electrons. The minimum absolute atomic E-state index is 0.109. The molecule has 1 aromatic heterocycles. The molecule has 2 aromatic rings. The number of aromatic nitrogens is 2. The van der Waals surface area contributed by atoms with E-state index >= 15 is 0 Å². The molecule has 0 spiro atoms. The number of rotatable bonds is 5. The summed E-state index contributed by atoms with van der Waals surface area (Å²) >= 11 is 0. The van der Waals surface area contributed by atoms with Crippen LogP contribution in [-0.4, -0.2) is 92.5 Å². The van der Waals surface area contributed by atoms with Crippen LogP contribution in [0, 0.1) is 13.8 Å². The molecule has 37 heavy (non-hydrogen) atoms. The van der Waals surface area contributed by atoms with Crippen molar-refractivity contribution in [1.82, 2.24) is 19.0 Å². The third kappa shape index (κ3) is 5.15. The summed E-state index contributed by atoms with van der Waals surface area (Å²) in [5, 5.41) is 4.67. The Morgan fingerprint density at radius 3 is 2.19 bits per heavy atom. The summed E-state index contributed by atoms with van der Waals surface area (Å²) in [5.41, 5.74) is 3.33. The van der Waals surface area contributed by atoms with Crippen molar-refractivity contribution in [1.29, 1.82) is 0 Å². The topological polar surface area (TPSA) is 113 Å². The lowest BCUT2D eigenvalue weighted by Gasteiger charge is -2.36. The third-order valence-electron chi connectivity index (χ3n) is 7.78. The average Bonchev–Trinajstić information content (AvgIpc) is 3.41. The van der Waals surface area contributed by atoms with Gasteiger partial charge in [-0.15, -0.1) is 0 Å². The second kappa shape index (κ2) is 10.0. The number of sulfonamides is 1. The van der Waals surface area contributed by atoms with Crippen LogP contribution in [0.25, 0.3) is 0 Å². The fraction of sp³-hybridized carbons (Fsp3) is 0.600. The van der Waals surface area contributed by atoms with E-state index in [1.807, 2.05) is 18.5 Å². The Labute approximate surface area is 219 Å². The van der Waals surface area contributed by atoms with Crippen LogP contribution in [0.4, 0.5) is 5.69 Å². The first-order valence-corrected chi connectivity index (χ1v) is 16.2. The minimum Gasteiger partial charge on any atom is -0.365 e. The SMILES string of the molecule is Cc1nn(C2CCS(=O)(=O)C2)c(C)c1N1CCN(C(=O)c2ccc(S(=O)(=O)N3CCCCC3)cc2)CC1. The van der Waals surface area contributed by atoms with Gasteiger partial charge in [0.1, 0.15) is 0 Å². The number of sulfone groups is 1. The van der Waals surface area contributed by atoms with Gasteiger partial charge in [0, 0.05) is 44.8 Å². The summed E-state index contributed by atoms with van der Waals surface area (Å²) in [4.78, 5) is 17.4. The Morgan fingerprint density at radius 2 is 1.59 bits per heavy atom. The van der Waals surface area contributed by atoms with Crippen molar-refractivity contribution in [2.75, 3.05) is 55.7 Å². The number of aryl methyl sites for hydroxylation is 1. The number of carbonyl (C=O) groups excluding carboxylic acids is 1. The minimum atomic E-state index is -3.53. The van der Waals surface area contributed by atoms with E-state index in [1.165, 1.54) is 16.4 Å². The summed E-state index contributed by atoms with van der Waals surface area (Å²) in [6.45, 7) is 7.38. The zero-order valence-electron chi connectivity index (χ0n) is 21.5. The van der Waals surface area contributed by atoms with Crippen LogP contribution < -0.4 is 4.90 Å². The molecule has 1 unspecified atom stereocenters. The van der Waals surface area contributed by atoms with Crippen LogP contribution in [0.15, 0.2) is 29.2 Å². The lowest BCUT2D eigenvalue weighted by Crippen LogP contribution is -2.49. The van der Waals surface area contributed by atoms with Crippen LogP contribution >= 0.6 is 0 Å². The maximum absolute atomic E-state index is 13.2. The van der Waals surface area contributed by atoms with Crippen LogP contribution in [0.2, 0.25) is 0 Å². The number of hydrogen-bond donors (Lipinski definition) is 0. The summed E-state index contributed by atoms with van der Waals surface area (Å²) < 4.78 is 53.1. The standard InChI is InChI=1S/C25H35N5O5S2/c1-19-24(20(2)30(26-19)22-10-17-36(32,33)18-22)27-13-15-28(16-14-27)25(31)21-6-8-23(9-7-21)37(34,35)29-11-4-3-5-12-29/h6-9,22H,3-5,10-18H2,1-2H3. The van der Waals surface area contributed by atoms with Gasteiger partial charge in [-0.3, -0.25) is 9.48 Å². The molecule has 1 atom stereocenters. The fourth-order valence-electron chi connectivity index (χ4n) is 5.78. The van der Waals surface area contributed by atoms with Crippen LogP contribution in [0.1, 0.15) is 53.5 Å². The zero-order valence-corrected chi connectivity index (χ0v) is 23.1. The van der Waals surface area contributed by atoms with Crippen molar-refractivity contribution in [3.05, 3.63) is 41.2 Å². The van der Waals surface area contributed by atoms with E-state index in [0.717, 1.165) is 36.3 Å². The number of hydrogen-bond acceptors (Lipinski definition) is 7. The molecule has 202 valence electrons. The molecule has 3 aliphatic rings. The lowest BCUT2D eigenvalue weighted by atomic mass is 10.1. The van der Waals surface area contributed by atoms with Crippen molar-refractivity contribution in [2.24, 2.45) is 0 Å². The largest absolute Gasteiger partial charge is 0.365 e. The summed E-state index contributed by atoms with van der Waals surface area (Å²) in [6, 6.07) is 6.18. The Morgan fingerprint density at radius 1 is 0.946 bits per heavy atom. The van der Waals surface area contributed by atoms with Gasteiger partial charge in [-0.1, -0.05) is 6.42 Å². The maximum Gasteiger partial charge on any atom is 0.253 e. The molecule has 1 amide bonds. The molecular weight excluding hydrogens is 514 g/mol. The molecule has 3 aliphatic heterocycles. The number of nitrogens with zero attached hydrogens (tertiary/aromatic N) is 5. The second-order valence-electron chi connectivity index (χ2n) is 10.3. The van der Waals surface area contributed by atoms with E-state index in [2.05, 4.69) is 10.00 Å². The van der Waals surface area contributed by atoms with E-state index in [9.17, 15) is 21.6 Å². The van der Waals surface area contributed by atoms with E-state index in [1.54, 1.807) is 17.0 Å². The molecular formula is C25H35N5O5S2. The number of carbonyl (C=O) groups is 1. The predicted octanol–water partition coefficient (Wildman–Crippen LogP) is 2.00. The molecule has 0 saturated carbocycles. The van der Waals surface area contributed by atoms with Gasteiger partial charge in [0.15, 0.2) is 9.84 Å². The monoisotopic (exact) mass is 549 g/mol. The Hall–Kier alpha value is -2.44. The van der Waals surface area contributed by atoms with E-state index in [0.29, 0.717) is 51.3 Å². The number of piperazine rings is 1. The molecule has 0 bridgehead atoms. The van der Waals surface area contributed by atoms with E-state index < -0.39 is 19.9 Å². The highest BCUT2D eigenvalue weighted by atomic mass is 32.2. The Bertz CT molecular complexity index is 1370. The van der Waals surface area contributed by atoms with Gasteiger partial charge in [-0.25, -0.2) is 16.8 Å². The van der Waals surface area contributed by atoms with Crippen molar-refractivity contribution in [3.8, 4) is 0 Å². The van der Waals surface area contributed by atoms with Crippen molar-refractivity contribution in [3.63, 3.8) is 0 Å². The second-order valence-corrected chi connectivity index (χ2v) is 14.5. The first-order valence-electron chi connectivity index (χ1n) is 13.0. The molecule has 12 heteroatoms. The van der Waals surface area contributed by atoms with Crippen molar-refractivity contribution >= 4 is 31.5 Å². The quantitative estimate of drug-likeness (QED) is 0.561. The molecule has 0 aliphatic carbocycles. The highest BCUT2D eigenvalue weighted by molar-refractivity contribution is 7.91. The first-order chi connectivity index (χ1) is 17.6. The van der Waals surface area contributed by atoms with Gasteiger partial charge in [-0.05, 0) is 57.4 Å². The Balaban J connectivity index is 1.23. The molecule has 5 rings (SSSR count). The van der Waals surface area contributed by atoms with Gasteiger partial charge in [0.2, 0.25) is 10.0 Å². The number of anilines is 1. The molecule has 3 saturated heterocycles. The Kier molecular flexibility index (Phi) is 7.10. The highest BCUT2D eigenvalue weighted by Crippen LogP contribution is 2.32. The first kappa shape index (κ1) is 26.2. The molecule has 10 nitrogen and oxygen atoms in total. The van der Waals surface area contributed by atoms with Gasteiger partial charge in [0.25, 0.3) is 5.91 Å². The van der Waals surface area contributed by atoms with Crippen LogP contribution in [-0.2, 0) is 19.9 Å². The van der Waals surface area contributed by atoms with Gasteiger partial charge >= 0.3 is 0 Å². The molecule has 3 fully saturated rings. The molecule has 1 aromatic carbocycles. The summed E-state index contributed by atoms with van der Waals surface area (Å²) in [5.74, 6) is 0.230. The fourth-order valence-corrected chi connectivity index (χ4v) is 8.98. The van der Waals surface area contributed by atoms with Crippen LogP contribution in [0.3, 0.4) is 0 Å². The normalized spacial score (nSPS) is 22.9. The van der Waals surface area contributed by atoms with E-state index in [-0.39, 0.29) is 28.4 Å².